The van der Waals surface area contributed by atoms with Gasteiger partial charge < -0.3 is 20.8 Å². The van der Waals surface area contributed by atoms with Crippen LogP contribution in [-0.2, 0) is 21.1 Å². The van der Waals surface area contributed by atoms with Crippen LogP contribution in [0.25, 0.3) is 0 Å². The number of piperidine rings is 1. The maximum absolute atomic E-state index is 12.6. The van der Waals surface area contributed by atoms with E-state index in [-0.39, 0.29) is 23.8 Å². The Labute approximate surface area is 154 Å². The minimum Gasteiger partial charge on any atom is -0.423 e. The molecule has 1 spiro atoms. The molecule has 3 fully saturated rings. The summed E-state index contributed by atoms with van der Waals surface area (Å²) in [5.41, 5.74) is 10.2. The summed E-state index contributed by atoms with van der Waals surface area (Å²) in [6.45, 7) is 0.546. The summed E-state index contributed by atoms with van der Waals surface area (Å²) in [5.74, 6) is 0.562. The minimum atomic E-state index is -4.80. The second-order valence-electron chi connectivity index (χ2n) is 6.95. The number of nitrogens with zero attached hydrogens (tertiary/aromatic N) is 5. The zero-order valence-corrected chi connectivity index (χ0v) is 15.0. The van der Waals surface area contributed by atoms with Crippen LogP contribution in [0.1, 0.15) is 37.1 Å². The van der Waals surface area contributed by atoms with Crippen LogP contribution in [0.5, 0.6) is 0 Å². The Kier molecular flexibility index (Phi) is 4.01. The van der Waals surface area contributed by atoms with E-state index >= 15 is 0 Å². The summed E-state index contributed by atoms with van der Waals surface area (Å²) in [5, 5.41) is 8.74. The van der Waals surface area contributed by atoms with Crippen molar-refractivity contribution in [3.63, 3.8) is 0 Å². The molecule has 0 radical (unpaired) electrons. The van der Waals surface area contributed by atoms with Crippen LogP contribution in [0.3, 0.4) is 0 Å². The first-order chi connectivity index (χ1) is 12.7. The zero-order chi connectivity index (χ0) is 19.4. The molecule has 1 saturated carbocycles. The van der Waals surface area contributed by atoms with Crippen molar-refractivity contribution in [3.05, 3.63) is 11.8 Å². The number of carbonyl (C=O) groups is 1. The van der Waals surface area contributed by atoms with E-state index < -0.39 is 28.5 Å². The Morgan fingerprint density at radius 2 is 2.15 bits per heavy atom. The monoisotopic (exact) mass is 401 g/mol. The van der Waals surface area contributed by atoms with Crippen molar-refractivity contribution >= 4 is 22.4 Å². The van der Waals surface area contributed by atoms with E-state index in [2.05, 4.69) is 19.5 Å². The first-order valence-electron chi connectivity index (χ1n) is 8.33. The first kappa shape index (κ1) is 17.9. The zero-order valence-electron chi connectivity index (χ0n) is 14.2. The molecule has 3 heterocycles. The van der Waals surface area contributed by atoms with E-state index in [0.29, 0.717) is 25.3 Å². The highest BCUT2D eigenvalue weighted by molar-refractivity contribution is 7.80. The van der Waals surface area contributed by atoms with Gasteiger partial charge in [-0.2, -0.15) is 13.5 Å². The second kappa shape index (κ2) is 6.03. The van der Waals surface area contributed by atoms with Gasteiger partial charge in [-0.15, -0.1) is 14.5 Å². The summed E-state index contributed by atoms with van der Waals surface area (Å²) in [7, 11) is -4.80. The van der Waals surface area contributed by atoms with Crippen LogP contribution in [0.15, 0.2) is 9.41 Å². The third-order valence-corrected chi connectivity index (χ3v) is 5.57. The first-order valence-corrected chi connectivity index (χ1v) is 9.69. The van der Waals surface area contributed by atoms with Crippen molar-refractivity contribution in [2.75, 3.05) is 13.1 Å². The smallest absolute Gasteiger partial charge is 0.418 e. The lowest BCUT2D eigenvalue weighted by Crippen LogP contribution is -2.43. The third kappa shape index (κ3) is 3.30. The number of hydrogen-bond donors (Lipinski definition) is 3. The Bertz CT molecular complexity index is 891. The van der Waals surface area contributed by atoms with Gasteiger partial charge in [0, 0.05) is 13.0 Å². The fourth-order valence-electron chi connectivity index (χ4n) is 3.82. The molecule has 4 rings (SSSR count). The largest absolute Gasteiger partial charge is 0.423 e. The fraction of sp³-hybridized carbons (Fsp3) is 0.692. The van der Waals surface area contributed by atoms with Crippen LogP contribution < -0.4 is 11.5 Å². The van der Waals surface area contributed by atoms with Crippen molar-refractivity contribution < 1.29 is 26.5 Å². The molecule has 13 nitrogen and oxygen atoms in total. The van der Waals surface area contributed by atoms with Gasteiger partial charge in [0.15, 0.2) is 5.96 Å². The van der Waals surface area contributed by atoms with Gasteiger partial charge in [0.25, 0.3) is 0 Å². The van der Waals surface area contributed by atoms with E-state index in [1.807, 2.05) is 0 Å². The maximum atomic E-state index is 12.6. The maximum Gasteiger partial charge on any atom is 0.418 e. The lowest BCUT2D eigenvalue weighted by molar-refractivity contribution is -0.0530. The summed E-state index contributed by atoms with van der Waals surface area (Å²) >= 11 is 0. The molecule has 1 aromatic heterocycles. The highest BCUT2D eigenvalue weighted by Crippen LogP contribution is 2.61. The SMILES string of the molecule is NC(N)=NCCc1nnc([C@@H]2CC3(CC3)[C@@H]3CN2C(=O)N3OS(=O)(=O)O)o1. The number of aromatic nitrogens is 2. The molecule has 3 aliphatic rings. The van der Waals surface area contributed by atoms with Gasteiger partial charge in [-0.3, -0.25) is 9.55 Å². The molecule has 2 amide bonds. The van der Waals surface area contributed by atoms with Gasteiger partial charge in [-0.25, -0.2) is 4.79 Å². The highest BCUT2D eigenvalue weighted by atomic mass is 32.3. The summed E-state index contributed by atoms with van der Waals surface area (Å²) < 4.78 is 41.4. The van der Waals surface area contributed by atoms with Gasteiger partial charge in [0.2, 0.25) is 11.8 Å². The van der Waals surface area contributed by atoms with E-state index in [9.17, 15) is 13.2 Å². The molecule has 5 N–H and O–H groups in total. The molecule has 0 aromatic carbocycles. The summed E-state index contributed by atoms with van der Waals surface area (Å²) in [6, 6.07) is -1.60. The lowest BCUT2D eigenvalue weighted by Gasteiger charge is -2.34. The third-order valence-electron chi connectivity index (χ3n) is 5.22. The molecule has 1 aromatic rings. The molecule has 1 aliphatic carbocycles. The summed E-state index contributed by atoms with van der Waals surface area (Å²) in [4.78, 5) is 17.9. The number of urea groups is 1. The van der Waals surface area contributed by atoms with Crippen LogP contribution in [0.2, 0.25) is 0 Å². The van der Waals surface area contributed by atoms with Gasteiger partial charge in [0.1, 0.15) is 6.04 Å². The average molecular weight is 401 g/mol. The van der Waals surface area contributed by atoms with Crippen LogP contribution in [0.4, 0.5) is 4.79 Å². The fourth-order valence-corrected chi connectivity index (χ4v) is 4.19. The highest BCUT2D eigenvalue weighted by Gasteiger charge is 2.64. The lowest BCUT2D eigenvalue weighted by atomic mass is 9.85. The Morgan fingerprint density at radius 1 is 1.41 bits per heavy atom. The molecule has 148 valence electrons. The second-order valence-corrected chi connectivity index (χ2v) is 7.96. The number of aliphatic imine (C=N–C) groups is 1. The molecular weight excluding hydrogens is 382 g/mol. The number of carbonyl (C=O) groups excluding carboxylic acids is 1. The van der Waals surface area contributed by atoms with Crippen LogP contribution in [-0.4, -0.2) is 64.3 Å². The van der Waals surface area contributed by atoms with Crippen LogP contribution >= 0.6 is 0 Å². The standard InChI is InChI=1S/C13H19N7O6S/c14-11(15)16-4-1-9-17-18-10(25-9)7-5-13(2-3-13)8-6-19(7)12(21)20(8)26-27(22,23)24/h7-8H,1-6H2,(H4,14,15,16)(H,22,23,24)/t7-,8-/m0/s1. The van der Waals surface area contributed by atoms with Gasteiger partial charge in [0.05, 0.1) is 12.6 Å². The van der Waals surface area contributed by atoms with Gasteiger partial charge >= 0.3 is 16.4 Å². The molecular formula is C13H19N7O6S. The number of rotatable bonds is 6. The van der Waals surface area contributed by atoms with Gasteiger partial charge in [-0.1, -0.05) is 0 Å². The summed E-state index contributed by atoms with van der Waals surface area (Å²) in [6.07, 6.45) is 2.51. The van der Waals surface area contributed by atoms with Crippen molar-refractivity contribution in [3.8, 4) is 0 Å². The number of guanidine groups is 1. The molecule has 2 saturated heterocycles. The number of hydrogen-bond acceptors (Lipinski definition) is 8. The Balaban J connectivity index is 1.55. The molecule has 2 bridgehead atoms. The van der Waals surface area contributed by atoms with E-state index in [0.717, 1.165) is 17.9 Å². The molecule has 2 aliphatic heterocycles. The normalized spacial score (nSPS) is 25.9. The minimum absolute atomic E-state index is 0.0367. The quantitative estimate of drug-likeness (QED) is 0.301. The molecule has 0 unspecified atom stereocenters. The van der Waals surface area contributed by atoms with Crippen LogP contribution in [0, 0.1) is 5.41 Å². The number of hydroxylamine groups is 2. The molecule has 14 heteroatoms. The van der Waals surface area contributed by atoms with Crippen molar-refractivity contribution in [1.82, 2.24) is 20.2 Å². The van der Waals surface area contributed by atoms with Crippen molar-refractivity contribution in [2.24, 2.45) is 21.9 Å². The number of nitrogens with two attached hydrogens (primary N) is 2. The number of amides is 2. The molecule has 2 atom stereocenters. The van der Waals surface area contributed by atoms with Crippen molar-refractivity contribution in [1.29, 1.82) is 0 Å². The topological polar surface area (TPSA) is 190 Å². The van der Waals surface area contributed by atoms with Crippen molar-refractivity contribution in [2.45, 2.75) is 37.8 Å². The predicted octanol–water partition coefficient (Wildman–Crippen LogP) is -1.05. The van der Waals surface area contributed by atoms with E-state index in [4.69, 9.17) is 20.4 Å². The van der Waals surface area contributed by atoms with E-state index in [1.165, 1.54) is 4.90 Å². The number of fused-ring (bicyclic) bond motifs is 3. The average Bonchev–Trinajstić information content (AvgIpc) is 3.07. The van der Waals surface area contributed by atoms with E-state index in [1.54, 1.807) is 0 Å². The molecule has 27 heavy (non-hydrogen) atoms. The van der Waals surface area contributed by atoms with Gasteiger partial charge in [-0.05, 0) is 24.7 Å². The predicted molar refractivity (Wildman–Crippen MR) is 88.1 cm³/mol. The Morgan fingerprint density at radius 3 is 2.78 bits per heavy atom. The Hall–Kier alpha value is -2.45.